The summed E-state index contributed by atoms with van der Waals surface area (Å²) >= 11 is 0. The molecule has 0 unspecified atom stereocenters. The van der Waals surface area contributed by atoms with Crippen LogP contribution in [0, 0.1) is 0 Å². The van der Waals surface area contributed by atoms with E-state index in [1.807, 2.05) is 85.8 Å². The van der Waals surface area contributed by atoms with Gasteiger partial charge in [0.05, 0.1) is 13.2 Å². The first-order valence-corrected chi connectivity index (χ1v) is 9.83. The van der Waals surface area contributed by atoms with Gasteiger partial charge in [-0.3, -0.25) is 4.79 Å². The number of rotatable bonds is 10. The van der Waals surface area contributed by atoms with Gasteiger partial charge >= 0.3 is 0 Å². The van der Waals surface area contributed by atoms with E-state index >= 15 is 0 Å². The van der Waals surface area contributed by atoms with Crippen LogP contribution in [0.15, 0.2) is 78.9 Å². The quantitative estimate of drug-likeness (QED) is 0.512. The maximum absolute atomic E-state index is 12.6. The Kier molecular flexibility index (Phi) is 7.42. The maximum Gasteiger partial charge on any atom is 0.179 e. The second-order valence-electron chi connectivity index (χ2n) is 6.94. The number of ether oxygens (including phenoxy) is 2. The predicted molar refractivity (Wildman–Crippen MR) is 116 cm³/mol. The molecule has 0 saturated carbocycles. The Balaban J connectivity index is 1.46. The third-order valence-electron chi connectivity index (χ3n) is 4.80. The number of benzene rings is 3. The van der Waals surface area contributed by atoms with Gasteiger partial charge in [0.2, 0.25) is 0 Å². The minimum Gasteiger partial charge on any atom is -0.497 e. The summed E-state index contributed by atoms with van der Waals surface area (Å²) < 4.78 is 11.0. The first-order chi connectivity index (χ1) is 14.2. The van der Waals surface area contributed by atoms with Gasteiger partial charge in [0.25, 0.3) is 0 Å². The molecule has 4 nitrogen and oxygen atoms in total. The van der Waals surface area contributed by atoms with E-state index in [2.05, 4.69) is 5.32 Å². The van der Waals surface area contributed by atoms with E-state index in [4.69, 9.17) is 9.47 Å². The van der Waals surface area contributed by atoms with Crippen molar-refractivity contribution in [2.45, 2.75) is 26.0 Å². The van der Waals surface area contributed by atoms with Gasteiger partial charge in [0.15, 0.2) is 5.78 Å². The van der Waals surface area contributed by atoms with Crippen LogP contribution in [0.5, 0.6) is 11.5 Å². The van der Waals surface area contributed by atoms with E-state index in [0.717, 1.165) is 30.0 Å². The zero-order valence-corrected chi connectivity index (χ0v) is 16.9. The third kappa shape index (κ3) is 6.19. The van der Waals surface area contributed by atoms with Gasteiger partial charge in [-0.2, -0.15) is 0 Å². The van der Waals surface area contributed by atoms with Gasteiger partial charge in [-0.15, -0.1) is 0 Å². The standard InChI is InChI=1S/C25H27NO3/c1-19(26-17-16-20-8-12-23(28-2)13-9-20)25(27)22-10-14-24(15-11-22)29-18-21-6-4-3-5-7-21/h3-15,19,26H,16-18H2,1-2H3/t19-/m0/s1. The minimum atomic E-state index is -0.246. The number of hydrogen-bond donors (Lipinski definition) is 1. The Bertz CT molecular complexity index is 890. The normalized spacial score (nSPS) is 11.7. The molecule has 1 N–H and O–H groups in total. The largest absolute Gasteiger partial charge is 0.497 e. The summed E-state index contributed by atoms with van der Waals surface area (Å²) in [6.45, 7) is 3.14. The van der Waals surface area contributed by atoms with E-state index < -0.39 is 0 Å². The number of ketones is 1. The van der Waals surface area contributed by atoms with Crippen molar-refractivity contribution < 1.29 is 14.3 Å². The molecule has 0 aliphatic rings. The molecular weight excluding hydrogens is 362 g/mol. The highest BCUT2D eigenvalue weighted by Gasteiger charge is 2.14. The lowest BCUT2D eigenvalue weighted by molar-refractivity contribution is 0.0951. The highest BCUT2D eigenvalue weighted by molar-refractivity contribution is 5.99. The summed E-state index contributed by atoms with van der Waals surface area (Å²) in [6.07, 6.45) is 0.855. The van der Waals surface area contributed by atoms with Crippen molar-refractivity contribution in [1.82, 2.24) is 5.32 Å². The van der Waals surface area contributed by atoms with Gasteiger partial charge in [0.1, 0.15) is 18.1 Å². The predicted octanol–water partition coefficient (Wildman–Crippen LogP) is 4.68. The fraction of sp³-hybridized carbons (Fsp3) is 0.240. The number of hydrogen-bond acceptors (Lipinski definition) is 4. The highest BCUT2D eigenvalue weighted by Crippen LogP contribution is 2.16. The topological polar surface area (TPSA) is 47.6 Å². The lowest BCUT2D eigenvalue weighted by atomic mass is 10.0. The number of Topliss-reactive ketones (excluding diaryl/α,β-unsaturated/α-hetero) is 1. The van der Waals surface area contributed by atoms with Crippen molar-refractivity contribution in [3.8, 4) is 11.5 Å². The average molecular weight is 389 g/mol. The average Bonchev–Trinajstić information content (AvgIpc) is 2.78. The molecule has 150 valence electrons. The number of methoxy groups -OCH3 is 1. The van der Waals surface area contributed by atoms with Crippen LogP contribution in [0.4, 0.5) is 0 Å². The smallest absolute Gasteiger partial charge is 0.179 e. The summed E-state index contributed by atoms with van der Waals surface area (Å²) in [5.74, 6) is 1.68. The van der Waals surface area contributed by atoms with Crippen molar-refractivity contribution in [2.24, 2.45) is 0 Å². The Morgan fingerprint density at radius 1 is 0.862 bits per heavy atom. The summed E-state index contributed by atoms with van der Waals surface area (Å²) in [4.78, 5) is 12.6. The molecule has 0 amide bonds. The molecule has 0 aliphatic heterocycles. The summed E-state index contributed by atoms with van der Waals surface area (Å²) in [7, 11) is 1.66. The van der Waals surface area contributed by atoms with E-state index in [1.165, 1.54) is 5.56 Å². The molecule has 0 saturated heterocycles. The molecule has 1 atom stereocenters. The number of carbonyl (C=O) groups excluding carboxylic acids is 1. The summed E-state index contributed by atoms with van der Waals surface area (Å²) in [5.41, 5.74) is 3.00. The second kappa shape index (κ2) is 10.4. The molecule has 0 aromatic heterocycles. The second-order valence-corrected chi connectivity index (χ2v) is 6.94. The van der Waals surface area contributed by atoms with Gasteiger partial charge < -0.3 is 14.8 Å². The van der Waals surface area contributed by atoms with Crippen molar-refractivity contribution >= 4 is 5.78 Å². The summed E-state index contributed by atoms with van der Waals surface area (Å²) in [5, 5.41) is 3.31. The van der Waals surface area contributed by atoms with E-state index in [0.29, 0.717) is 12.2 Å². The van der Waals surface area contributed by atoms with Gasteiger partial charge in [-0.25, -0.2) is 0 Å². The van der Waals surface area contributed by atoms with Gasteiger partial charge in [-0.1, -0.05) is 42.5 Å². The summed E-state index contributed by atoms with van der Waals surface area (Å²) in [6, 6.07) is 25.1. The number of carbonyl (C=O) groups is 1. The lowest BCUT2D eigenvalue weighted by Gasteiger charge is -2.13. The van der Waals surface area contributed by atoms with Crippen LogP contribution in [0.2, 0.25) is 0 Å². The van der Waals surface area contributed by atoms with Crippen molar-refractivity contribution in [1.29, 1.82) is 0 Å². The highest BCUT2D eigenvalue weighted by atomic mass is 16.5. The van der Waals surface area contributed by atoms with Crippen molar-refractivity contribution in [3.63, 3.8) is 0 Å². The van der Waals surface area contributed by atoms with Gasteiger partial charge in [0, 0.05) is 5.56 Å². The first kappa shape index (κ1) is 20.6. The van der Waals surface area contributed by atoms with E-state index in [9.17, 15) is 4.79 Å². The third-order valence-corrected chi connectivity index (χ3v) is 4.80. The lowest BCUT2D eigenvalue weighted by Crippen LogP contribution is -2.35. The molecule has 0 heterocycles. The van der Waals surface area contributed by atoms with Crippen LogP contribution in [0.3, 0.4) is 0 Å². The first-order valence-electron chi connectivity index (χ1n) is 9.83. The maximum atomic E-state index is 12.6. The zero-order valence-electron chi connectivity index (χ0n) is 16.9. The molecule has 0 spiro atoms. The molecule has 0 radical (unpaired) electrons. The number of nitrogens with one attached hydrogen (secondary N) is 1. The van der Waals surface area contributed by atoms with Crippen molar-refractivity contribution in [3.05, 3.63) is 95.6 Å². The van der Waals surface area contributed by atoms with E-state index in [1.54, 1.807) is 7.11 Å². The minimum absolute atomic E-state index is 0.0781. The Labute approximate surface area is 172 Å². The van der Waals surface area contributed by atoms with Crippen LogP contribution in [-0.4, -0.2) is 25.5 Å². The van der Waals surface area contributed by atoms with Crippen molar-refractivity contribution in [2.75, 3.05) is 13.7 Å². The fourth-order valence-electron chi connectivity index (χ4n) is 3.02. The Morgan fingerprint density at radius 2 is 1.52 bits per heavy atom. The van der Waals surface area contributed by atoms with E-state index in [-0.39, 0.29) is 11.8 Å². The van der Waals surface area contributed by atoms with Crippen LogP contribution >= 0.6 is 0 Å². The Morgan fingerprint density at radius 3 is 2.17 bits per heavy atom. The molecule has 4 heteroatoms. The van der Waals surface area contributed by atoms with Crippen LogP contribution in [-0.2, 0) is 13.0 Å². The molecule has 29 heavy (non-hydrogen) atoms. The van der Waals surface area contributed by atoms with Gasteiger partial charge in [-0.05, 0) is 67.4 Å². The van der Waals surface area contributed by atoms with Crippen LogP contribution < -0.4 is 14.8 Å². The molecule has 3 aromatic carbocycles. The molecular formula is C25H27NO3. The van der Waals surface area contributed by atoms with Crippen LogP contribution in [0.25, 0.3) is 0 Å². The molecule has 3 aromatic rings. The molecule has 3 rings (SSSR count). The molecule has 0 aliphatic carbocycles. The van der Waals surface area contributed by atoms with Crippen LogP contribution in [0.1, 0.15) is 28.4 Å². The monoisotopic (exact) mass is 389 g/mol. The zero-order chi connectivity index (χ0) is 20.5. The Hall–Kier alpha value is -3.11. The molecule has 0 bridgehead atoms. The SMILES string of the molecule is COc1ccc(CCN[C@@H](C)C(=O)c2ccc(OCc3ccccc3)cc2)cc1. The molecule has 0 fully saturated rings. The fourth-order valence-corrected chi connectivity index (χ4v) is 3.02.